The summed E-state index contributed by atoms with van der Waals surface area (Å²) in [5.41, 5.74) is -1.66. The summed E-state index contributed by atoms with van der Waals surface area (Å²) in [5, 5.41) is 133. The van der Waals surface area contributed by atoms with Gasteiger partial charge in [0.1, 0.15) is 89.6 Å². The molecule has 21 heteroatoms. The molecule has 3 aromatic rings. The van der Waals surface area contributed by atoms with Gasteiger partial charge in [-0.2, -0.15) is 0 Å². The lowest BCUT2D eigenvalue weighted by molar-refractivity contribution is -0.318. The van der Waals surface area contributed by atoms with Crippen molar-refractivity contribution in [2.24, 2.45) is 0 Å². The van der Waals surface area contributed by atoms with Crippen LogP contribution in [-0.4, -0.2) is 172 Å². The fourth-order valence-corrected chi connectivity index (χ4v) is 6.19. The number of benzene rings is 2. The molecule has 0 saturated carbocycles. The summed E-state index contributed by atoms with van der Waals surface area (Å²) < 4.78 is 39.1. The quantitative estimate of drug-likeness (QED) is 0.0917. The summed E-state index contributed by atoms with van der Waals surface area (Å²) in [5.74, 6) is -3.63. The molecule has 21 nitrogen and oxygen atoms in total. The smallest absolute Gasteiger partial charge is 0.239 e. The summed E-state index contributed by atoms with van der Waals surface area (Å²) in [7, 11) is 0. The van der Waals surface area contributed by atoms with E-state index in [1.54, 1.807) is 0 Å². The standard InChI is InChI=1S/C33H40O21/c1-9-19(38)23(42)26(45)31(49-9)48-8-17-21(40)25(44)28(47)33(53-17)54-30-22(41)18-14(37)5-11(50-32-27(46)24(43)20(39)16(7-34)52-32)6-15(18)51-29(30)10-2-3-12(35)13(36)4-10/h2-6,9,16-17,19-21,23-28,31-40,42-47H,7-8H2,1H3/t9-,16-,17+,19-,20+,21-,23-,24-,25-,26+,27+,28+,31+,32+,33-/m0/s1. The molecule has 3 saturated heterocycles. The predicted molar refractivity (Wildman–Crippen MR) is 173 cm³/mol. The third-order valence-electron chi connectivity index (χ3n) is 9.38. The van der Waals surface area contributed by atoms with Crippen molar-refractivity contribution in [1.82, 2.24) is 0 Å². The number of aliphatic hydroxyl groups is 10. The van der Waals surface area contributed by atoms with Crippen LogP contribution in [0.25, 0.3) is 22.3 Å². The number of rotatable bonds is 9. The first kappa shape index (κ1) is 39.8. The van der Waals surface area contributed by atoms with Crippen LogP contribution in [0.5, 0.6) is 28.7 Å². The van der Waals surface area contributed by atoms with E-state index in [1.807, 2.05) is 0 Å². The molecule has 3 fully saturated rings. The highest BCUT2D eigenvalue weighted by Gasteiger charge is 2.48. The van der Waals surface area contributed by atoms with E-state index in [0.717, 1.165) is 24.3 Å². The predicted octanol–water partition coefficient (Wildman–Crippen LogP) is -4.21. The number of aliphatic hydroxyl groups excluding tert-OH is 10. The number of ether oxygens (including phenoxy) is 6. The van der Waals surface area contributed by atoms with Gasteiger partial charge in [-0.15, -0.1) is 0 Å². The Morgan fingerprint density at radius 2 is 1.22 bits per heavy atom. The van der Waals surface area contributed by atoms with Gasteiger partial charge < -0.3 is 99.2 Å². The number of fused-ring (bicyclic) bond motifs is 1. The molecule has 4 heterocycles. The molecule has 298 valence electrons. The Morgan fingerprint density at radius 3 is 1.87 bits per heavy atom. The molecular weight excluding hydrogens is 732 g/mol. The van der Waals surface area contributed by atoms with Gasteiger partial charge in [-0.25, -0.2) is 0 Å². The van der Waals surface area contributed by atoms with Crippen molar-refractivity contribution < 1.29 is 99.2 Å². The van der Waals surface area contributed by atoms with E-state index in [0.29, 0.717) is 0 Å². The van der Waals surface area contributed by atoms with Crippen LogP contribution < -0.4 is 14.9 Å². The second-order valence-corrected chi connectivity index (χ2v) is 13.1. The monoisotopic (exact) mass is 772 g/mol. The maximum Gasteiger partial charge on any atom is 0.239 e. The Labute approximate surface area is 303 Å². The van der Waals surface area contributed by atoms with Gasteiger partial charge in [0.05, 0.1) is 19.3 Å². The van der Waals surface area contributed by atoms with Gasteiger partial charge in [0.2, 0.25) is 23.8 Å². The molecule has 3 aliphatic rings. The Balaban J connectivity index is 1.34. The molecule has 0 radical (unpaired) electrons. The van der Waals surface area contributed by atoms with E-state index in [2.05, 4.69) is 0 Å². The molecule has 15 atom stereocenters. The highest BCUT2D eigenvalue weighted by atomic mass is 16.7. The lowest BCUT2D eigenvalue weighted by Crippen LogP contribution is -2.61. The second kappa shape index (κ2) is 15.7. The molecule has 0 spiro atoms. The zero-order valence-corrected chi connectivity index (χ0v) is 28.0. The molecule has 2 aromatic carbocycles. The van der Waals surface area contributed by atoms with Gasteiger partial charge in [-0.3, -0.25) is 4.79 Å². The van der Waals surface area contributed by atoms with Gasteiger partial charge in [-0.05, 0) is 25.1 Å². The average molecular weight is 773 g/mol. The van der Waals surface area contributed by atoms with E-state index in [4.69, 9.17) is 32.8 Å². The Kier molecular flexibility index (Phi) is 11.5. The molecule has 0 unspecified atom stereocenters. The van der Waals surface area contributed by atoms with Gasteiger partial charge in [0.25, 0.3) is 0 Å². The van der Waals surface area contributed by atoms with Crippen molar-refractivity contribution >= 4 is 11.0 Å². The first-order valence-electron chi connectivity index (χ1n) is 16.5. The van der Waals surface area contributed by atoms with Crippen LogP contribution in [0.1, 0.15) is 6.92 Å². The minimum Gasteiger partial charge on any atom is -0.507 e. The van der Waals surface area contributed by atoms with E-state index < -0.39 is 150 Å². The average Bonchev–Trinajstić information content (AvgIpc) is 3.14. The Morgan fingerprint density at radius 1 is 0.630 bits per heavy atom. The SMILES string of the molecule is C[C@@H]1O[C@@H](OC[C@H]2O[C@@H](Oc3c(-c4ccc(O)c(O)c4)oc4cc(O[C@@H]5O[C@@H](CO)[C@@H](O)[C@H](O)[C@H]5O)cc(O)c4c3=O)[C@H](O)[C@@H](O)[C@H]2O)[C@H](O)[C@@H](O)[C@H]1O. The number of hydrogen-bond donors (Lipinski definition) is 13. The molecular formula is C33H40O21. The fraction of sp³-hybridized carbons (Fsp3) is 0.545. The number of phenolic OH excluding ortho intramolecular Hbond substituents is 3. The van der Waals surface area contributed by atoms with E-state index in [-0.39, 0.29) is 11.3 Å². The third kappa shape index (κ3) is 7.39. The number of hydrogen-bond acceptors (Lipinski definition) is 21. The van der Waals surface area contributed by atoms with Crippen LogP contribution >= 0.6 is 0 Å². The van der Waals surface area contributed by atoms with Crippen molar-refractivity contribution in [2.45, 2.75) is 99.0 Å². The normalized spacial score (nSPS) is 37.3. The summed E-state index contributed by atoms with van der Waals surface area (Å²) in [4.78, 5) is 14.1. The van der Waals surface area contributed by atoms with Crippen molar-refractivity contribution in [1.29, 1.82) is 0 Å². The van der Waals surface area contributed by atoms with Crippen LogP contribution in [0.15, 0.2) is 39.5 Å². The lowest BCUT2D eigenvalue weighted by Gasteiger charge is -2.42. The van der Waals surface area contributed by atoms with Gasteiger partial charge in [0, 0.05) is 17.7 Å². The van der Waals surface area contributed by atoms with Crippen molar-refractivity contribution in [3.05, 3.63) is 40.6 Å². The summed E-state index contributed by atoms with van der Waals surface area (Å²) >= 11 is 0. The van der Waals surface area contributed by atoms with Crippen molar-refractivity contribution in [3.8, 4) is 40.1 Å². The molecule has 3 aliphatic heterocycles. The molecule has 54 heavy (non-hydrogen) atoms. The second-order valence-electron chi connectivity index (χ2n) is 13.1. The minimum atomic E-state index is -2.05. The first-order chi connectivity index (χ1) is 25.5. The number of aromatic hydroxyl groups is 3. The summed E-state index contributed by atoms with van der Waals surface area (Å²) in [6.45, 7) is -0.0204. The highest BCUT2D eigenvalue weighted by Crippen LogP contribution is 2.40. The van der Waals surface area contributed by atoms with Gasteiger partial charge in [-0.1, -0.05) is 0 Å². The Hall–Kier alpha value is -3.91. The van der Waals surface area contributed by atoms with Gasteiger partial charge in [0.15, 0.2) is 23.5 Å². The highest BCUT2D eigenvalue weighted by molar-refractivity contribution is 5.88. The van der Waals surface area contributed by atoms with Gasteiger partial charge >= 0.3 is 0 Å². The van der Waals surface area contributed by atoms with Crippen LogP contribution in [0.4, 0.5) is 0 Å². The van der Waals surface area contributed by atoms with Crippen LogP contribution in [-0.2, 0) is 18.9 Å². The zero-order chi connectivity index (χ0) is 39.3. The molecule has 0 bridgehead atoms. The number of phenols is 3. The minimum absolute atomic E-state index is 0.122. The summed E-state index contributed by atoms with van der Waals surface area (Å²) in [6.07, 6.45) is -25.1. The molecule has 1 aromatic heterocycles. The van der Waals surface area contributed by atoms with Crippen molar-refractivity contribution in [3.63, 3.8) is 0 Å². The molecule has 6 rings (SSSR count). The lowest BCUT2D eigenvalue weighted by atomic mass is 9.98. The van der Waals surface area contributed by atoms with E-state index in [1.165, 1.54) is 13.0 Å². The maximum absolute atomic E-state index is 14.1. The molecule has 0 aliphatic carbocycles. The zero-order valence-electron chi connectivity index (χ0n) is 28.0. The Bertz CT molecular complexity index is 1850. The van der Waals surface area contributed by atoms with E-state index in [9.17, 15) is 71.2 Å². The third-order valence-corrected chi connectivity index (χ3v) is 9.38. The summed E-state index contributed by atoms with van der Waals surface area (Å²) in [6, 6.07) is 5.15. The molecule has 0 amide bonds. The van der Waals surface area contributed by atoms with Crippen molar-refractivity contribution in [2.75, 3.05) is 13.2 Å². The maximum atomic E-state index is 14.1. The van der Waals surface area contributed by atoms with Crippen LogP contribution in [0.3, 0.4) is 0 Å². The largest absolute Gasteiger partial charge is 0.507 e. The topological polar surface area (TPSA) is 349 Å². The van der Waals surface area contributed by atoms with Crippen LogP contribution in [0, 0.1) is 0 Å². The fourth-order valence-electron chi connectivity index (χ4n) is 6.19. The molecule has 13 N–H and O–H groups in total. The van der Waals surface area contributed by atoms with Crippen LogP contribution in [0.2, 0.25) is 0 Å². The van der Waals surface area contributed by atoms with E-state index >= 15 is 0 Å². The first-order valence-corrected chi connectivity index (χ1v) is 16.5.